The van der Waals surface area contributed by atoms with Crippen LogP contribution in [0.3, 0.4) is 0 Å². The maximum absolute atomic E-state index is 12.9. The van der Waals surface area contributed by atoms with Gasteiger partial charge < -0.3 is 5.32 Å². The number of piperidine rings is 1. The van der Waals surface area contributed by atoms with E-state index >= 15 is 0 Å². The first-order valence-corrected chi connectivity index (χ1v) is 11.9. The molecule has 0 atom stereocenters. The molecule has 2 aromatic rings. The molecule has 1 amide bonds. The standard InChI is InChI=1S/C24H27N3O4S/c1-17(28)18-4-10-22(11-5-18)32(30,31)27-14-12-19(13-15-27)23(29)26-21-8-6-20(7-9-21)24(2,3)16-25/h4-11,19H,12-15H2,1-3H3,(H,26,29). The zero-order valence-corrected chi connectivity index (χ0v) is 19.3. The summed E-state index contributed by atoms with van der Waals surface area (Å²) in [6, 6.07) is 15.4. The van der Waals surface area contributed by atoms with Crippen LogP contribution in [-0.2, 0) is 20.2 Å². The minimum atomic E-state index is -3.67. The van der Waals surface area contributed by atoms with E-state index in [0.29, 0.717) is 24.1 Å². The minimum Gasteiger partial charge on any atom is -0.326 e. The molecule has 1 heterocycles. The molecule has 168 valence electrons. The van der Waals surface area contributed by atoms with Gasteiger partial charge in [-0.15, -0.1) is 0 Å². The number of ketones is 1. The zero-order chi connectivity index (χ0) is 23.5. The summed E-state index contributed by atoms with van der Waals surface area (Å²) in [6.07, 6.45) is 0.853. The number of benzene rings is 2. The lowest BCUT2D eigenvalue weighted by molar-refractivity contribution is -0.120. The molecule has 0 saturated carbocycles. The number of anilines is 1. The molecule has 0 aliphatic carbocycles. The van der Waals surface area contributed by atoms with Gasteiger partial charge in [0.2, 0.25) is 15.9 Å². The average molecular weight is 454 g/mol. The van der Waals surface area contributed by atoms with Crippen molar-refractivity contribution in [3.63, 3.8) is 0 Å². The summed E-state index contributed by atoms with van der Waals surface area (Å²) in [5.74, 6) is -0.541. The van der Waals surface area contributed by atoms with Crippen LogP contribution in [0.15, 0.2) is 53.4 Å². The molecule has 1 aliphatic heterocycles. The van der Waals surface area contributed by atoms with E-state index in [2.05, 4.69) is 11.4 Å². The van der Waals surface area contributed by atoms with Crippen LogP contribution in [0, 0.1) is 17.2 Å². The minimum absolute atomic E-state index is 0.121. The van der Waals surface area contributed by atoms with E-state index in [1.807, 2.05) is 26.0 Å². The van der Waals surface area contributed by atoms with E-state index in [-0.39, 0.29) is 35.6 Å². The highest BCUT2D eigenvalue weighted by Gasteiger charge is 2.32. The largest absolute Gasteiger partial charge is 0.326 e. The molecule has 1 N–H and O–H groups in total. The predicted molar refractivity (Wildman–Crippen MR) is 122 cm³/mol. The Morgan fingerprint density at radius 2 is 1.59 bits per heavy atom. The van der Waals surface area contributed by atoms with Crippen molar-refractivity contribution in [2.75, 3.05) is 18.4 Å². The van der Waals surface area contributed by atoms with Crippen LogP contribution in [0.25, 0.3) is 0 Å². The fourth-order valence-electron chi connectivity index (χ4n) is 3.65. The van der Waals surface area contributed by atoms with Crippen molar-refractivity contribution in [1.82, 2.24) is 4.31 Å². The Bertz CT molecular complexity index is 1140. The first-order valence-electron chi connectivity index (χ1n) is 10.5. The highest BCUT2D eigenvalue weighted by atomic mass is 32.2. The van der Waals surface area contributed by atoms with Gasteiger partial charge in [-0.05, 0) is 63.4 Å². The molecule has 0 unspecified atom stereocenters. The van der Waals surface area contributed by atoms with Crippen molar-refractivity contribution >= 4 is 27.4 Å². The zero-order valence-electron chi connectivity index (χ0n) is 18.5. The van der Waals surface area contributed by atoms with Gasteiger partial charge in [0.25, 0.3) is 0 Å². The number of amides is 1. The van der Waals surface area contributed by atoms with Crippen LogP contribution in [0.2, 0.25) is 0 Å². The van der Waals surface area contributed by atoms with Gasteiger partial charge in [-0.3, -0.25) is 9.59 Å². The Hall–Kier alpha value is -3.02. The molecule has 0 spiro atoms. The molecule has 3 rings (SSSR count). The van der Waals surface area contributed by atoms with Crippen molar-refractivity contribution in [3.8, 4) is 6.07 Å². The number of hydrogen-bond acceptors (Lipinski definition) is 5. The van der Waals surface area contributed by atoms with Crippen LogP contribution < -0.4 is 5.32 Å². The normalized spacial score (nSPS) is 15.7. The third-order valence-corrected chi connectivity index (χ3v) is 7.79. The summed E-state index contributed by atoms with van der Waals surface area (Å²) >= 11 is 0. The summed E-state index contributed by atoms with van der Waals surface area (Å²) < 4.78 is 27.2. The summed E-state index contributed by atoms with van der Waals surface area (Å²) in [6.45, 7) is 5.61. The second-order valence-corrected chi connectivity index (χ2v) is 10.5. The SMILES string of the molecule is CC(=O)c1ccc(S(=O)(=O)N2CCC(C(=O)Nc3ccc(C(C)(C)C#N)cc3)CC2)cc1. The van der Waals surface area contributed by atoms with Crippen LogP contribution >= 0.6 is 0 Å². The number of carbonyl (C=O) groups excluding carboxylic acids is 2. The van der Waals surface area contributed by atoms with Gasteiger partial charge in [-0.1, -0.05) is 24.3 Å². The van der Waals surface area contributed by atoms with E-state index in [9.17, 15) is 23.3 Å². The van der Waals surface area contributed by atoms with Crippen molar-refractivity contribution < 1.29 is 18.0 Å². The molecule has 1 fully saturated rings. The van der Waals surface area contributed by atoms with Gasteiger partial charge in [-0.25, -0.2) is 8.42 Å². The number of nitriles is 1. The van der Waals surface area contributed by atoms with Crippen molar-refractivity contribution in [3.05, 3.63) is 59.7 Å². The number of carbonyl (C=O) groups is 2. The van der Waals surface area contributed by atoms with E-state index < -0.39 is 15.4 Å². The van der Waals surface area contributed by atoms with E-state index in [1.165, 1.54) is 35.5 Å². The fraction of sp³-hybridized carbons (Fsp3) is 0.375. The molecular weight excluding hydrogens is 426 g/mol. The Labute approximate surface area is 189 Å². The highest BCUT2D eigenvalue weighted by molar-refractivity contribution is 7.89. The Balaban J connectivity index is 1.59. The fourth-order valence-corrected chi connectivity index (χ4v) is 5.12. The second-order valence-electron chi connectivity index (χ2n) is 8.56. The van der Waals surface area contributed by atoms with E-state index in [1.54, 1.807) is 12.1 Å². The quantitative estimate of drug-likeness (QED) is 0.671. The Morgan fingerprint density at radius 1 is 1.03 bits per heavy atom. The lowest BCUT2D eigenvalue weighted by Crippen LogP contribution is -2.41. The monoisotopic (exact) mass is 453 g/mol. The number of nitrogens with one attached hydrogen (secondary N) is 1. The number of hydrogen-bond donors (Lipinski definition) is 1. The summed E-state index contributed by atoms with van der Waals surface area (Å²) in [5, 5.41) is 12.1. The summed E-state index contributed by atoms with van der Waals surface area (Å²) in [5.41, 5.74) is 1.37. The molecule has 32 heavy (non-hydrogen) atoms. The molecule has 0 bridgehead atoms. The van der Waals surface area contributed by atoms with Crippen molar-refractivity contribution in [2.45, 2.75) is 43.9 Å². The number of Topliss-reactive ketones (excluding diaryl/α,β-unsaturated/α-hetero) is 1. The van der Waals surface area contributed by atoms with Gasteiger partial charge >= 0.3 is 0 Å². The van der Waals surface area contributed by atoms with Crippen molar-refractivity contribution in [1.29, 1.82) is 5.26 Å². The van der Waals surface area contributed by atoms with Crippen molar-refractivity contribution in [2.24, 2.45) is 5.92 Å². The maximum atomic E-state index is 12.9. The third-order valence-electron chi connectivity index (χ3n) is 5.88. The van der Waals surface area contributed by atoms with Crippen LogP contribution in [0.5, 0.6) is 0 Å². The molecule has 1 saturated heterocycles. The van der Waals surface area contributed by atoms with Gasteiger partial charge in [0.15, 0.2) is 5.78 Å². The predicted octanol–water partition coefficient (Wildman–Crippen LogP) is 3.73. The Morgan fingerprint density at radius 3 is 2.09 bits per heavy atom. The van der Waals surface area contributed by atoms with Gasteiger partial charge in [-0.2, -0.15) is 9.57 Å². The first-order chi connectivity index (χ1) is 15.0. The molecular formula is C24H27N3O4S. The van der Waals surface area contributed by atoms with E-state index in [4.69, 9.17) is 0 Å². The Kier molecular flexibility index (Phi) is 6.82. The maximum Gasteiger partial charge on any atom is 0.243 e. The van der Waals surface area contributed by atoms with Gasteiger partial charge in [0, 0.05) is 30.3 Å². The number of sulfonamides is 1. The van der Waals surface area contributed by atoms with Gasteiger partial charge in [0.05, 0.1) is 16.4 Å². The molecule has 1 aliphatic rings. The summed E-state index contributed by atoms with van der Waals surface area (Å²) in [7, 11) is -3.67. The van der Waals surface area contributed by atoms with Crippen LogP contribution in [0.4, 0.5) is 5.69 Å². The molecule has 7 nitrogen and oxygen atoms in total. The highest BCUT2D eigenvalue weighted by Crippen LogP contribution is 2.27. The van der Waals surface area contributed by atoms with Crippen LogP contribution in [-0.4, -0.2) is 37.5 Å². The third kappa shape index (κ3) is 5.06. The molecule has 0 radical (unpaired) electrons. The van der Waals surface area contributed by atoms with Crippen LogP contribution in [0.1, 0.15) is 49.5 Å². The number of rotatable bonds is 6. The molecule has 8 heteroatoms. The topological polar surface area (TPSA) is 107 Å². The summed E-state index contributed by atoms with van der Waals surface area (Å²) in [4.78, 5) is 24.2. The molecule has 2 aromatic carbocycles. The lowest BCUT2D eigenvalue weighted by atomic mass is 9.86. The lowest BCUT2D eigenvalue weighted by Gasteiger charge is -2.30. The van der Waals surface area contributed by atoms with E-state index in [0.717, 1.165) is 5.56 Å². The number of nitrogens with zero attached hydrogens (tertiary/aromatic N) is 2. The average Bonchev–Trinajstić information content (AvgIpc) is 2.79. The van der Waals surface area contributed by atoms with Gasteiger partial charge in [0.1, 0.15) is 0 Å². The smallest absolute Gasteiger partial charge is 0.243 e. The second kappa shape index (κ2) is 9.23. The first kappa shape index (κ1) is 23.6. The molecule has 0 aromatic heterocycles.